The van der Waals surface area contributed by atoms with E-state index in [0.29, 0.717) is 17.5 Å². The van der Waals surface area contributed by atoms with Gasteiger partial charge in [-0.05, 0) is 24.6 Å². The second kappa shape index (κ2) is 7.68. The van der Waals surface area contributed by atoms with Crippen LogP contribution in [0.4, 0.5) is 10.5 Å². The van der Waals surface area contributed by atoms with Crippen molar-refractivity contribution in [1.82, 2.24) is 5.32 Å². The number of amides is 2. The largest absolute Gasteiger partial charge is 0.463 e. The van der Waals surface area contributed by atoms with Crippen molar-refractivity contribution in [3.05, 3.63) is 35.4 Å². The van der Waals surface area contributed by atoms with Crippen LogP contribution < -0.4 is 16.8 Å². The Hall–Kier alpha value is -2.83. The number of hydrogen-bond acceptors (Lipinski definition) is 5. The number of primary amides is 1. The molecule has 0 aliphatic carbocycles. The summed E-state index contributed by atoms with van der Waals surface area (Å²) in [5.41, 5.74) is 11.7. The van der Waals surface area contributed by atoms with Crippen molar-refractivity contribution >= 4 is 29.5 Å². The van der Waals surface area contributed by atoms with Crippen LogP contribution >= 0.6 is 0 Å². The number of rotatable bonds is 6. The van der Waals surface area contributed by atoms with Gasteiger partial charge in [0.05, 0.1) is 18.7 Å². The highest BCUT2D eigenvalue weighted by Crippen LogP contribution is 2.20. The van der Waals surface area contributed by atoms with Gasteiger partial charge in [-0.3, -0.25) is 4.79 Å². The second-order valence-corrected chi connectivity index (χ2v) is 4.07. The Balaban J connectivity index is 3.29. The number of hydrogen-bond donors (Lipinski definition) is 3. The molecule has 0 atom stereocenters. The standard InChI is InChI=1S/C14H17N3O4/c1-2-21-13(19)11(7-17-14(16)20)12(8-18)9-4-3-5-10(15)6-9/h3-6,8H,2,7,15H2,1H3,(H3,16,17,20). The molecule has 0 unspecified atom stereocenters. The Labute approximate surface area is 121 Å². The fourth-order valence-electron chi connectivity index (χ4n) is 1.69. The Bertz CT molecular complexity index is 581. The van der Waals surface area contributed by atoms with E-state index in [2.05, 4.69) is 5.32 Å². The van der Waals surface area contributed by atoms with Crippen molar-refractivity contribution < 1.29 is 19.1 Å². The summed E-state index contributed by atoms with van der Waals surface area (Å²) in [6.45, 7) is 1.57. The summed E-state index contributed by atoms with van der Waals surface area (Å²) in [6.07, 6.45) is 0.518. The fourth-order valence-corrected chi connectivity index (χ4v) is 1.69. The SMILES string of the molecule is CCOC(=O)C(CNC(N)=O)=C(C=O)c1cccc(N)c1. The number of aldehydes is 1. The van der Waals surface area contributed by atoms with Crippen LogP contribution in [0.1, 0.15) is 12.5 Å². The number of nitrogens with one attached hydrogen (secondary N) is 1. The van der Waals surface area contributed by atoms with Gasteiger partial charge in [-0.1, -0.05) is 12.1 Å². The summed E-state index contributed by atoms with van der Waals surface area (Å²) in [6, 6.07) is 5.67. The maximum atomic E-state index is 12.0. The van der Waals surface area contributed by atoms with Crippen molar-refractivity contribution in [2.45, 2.75) is 6.92 Å². The Morgan fingerprint density at radius 3 is 2.62 bits per heavy atom. The number of ether oxygens (including phenoxy) is 1. The summed E-state index contributed by atoms with van der Waals surface area (Å²) in [7, 11) is 0. The van der Waals surface area contributed by atoms with Crippen LogP contribution in [0.25, 0.3) is 5.57 Å². The van der Waals surface area contributed by atoms with E-state index in [-0.39, 0.29) is 24.3 Å². The highest BCUT2D eigenvalue weighted by atomic mass is 16.5. The molecular weight excluding hydrogens is 274 g/mol. The summed E-state index contributed by atoms with van der Waals surface area (Å²) >= 11 is 0. The van der Waals surface area contributed by atoms with Crippen LogP contribution in [0.15, 0.2) is 29.8 Å². The topological polar surface area (TPSA) is 125 Å². The van der Waals surface area contributed by atoms with Crippen LogP contribution in [-0.4, -0.2) is 31.4 Å². The van der Waals surface area contributed by atoms with Crippen LogP contribution in [0, 0.1) is 0 Å². The Morgan fingerprint density at radius 2 is 2.10 bits per heavy atom. The molecule has 1 aromatic carbocycles. The number of esters is 1. The van der Waals surface area contributed by atoms with Gasteiger partial charge < -0.3 is 21.5 Å². The van der Waals surface area contributed by atoms with Gasteiger partial charge in [0.15, 0.2) is 6.29 Å². The predicted octanol–water partition coefficient (Wildman–Crippen LogP) is 0.453. The van der Waals surface area contributed by atoms with Crippen molar-refractivity contribution in [2.24, 2.45) is 5.73 Å². The Morgan fingerprint density at radius 1 is 1.38 bits per heavy atom. The molecule has 1 rings (SSSR count). The van der Waals surface area contributed by atoms with E-state index in [1.807, 2.05) is 0 Å². The van der Waals surface area contributed by atoms with Gasteiger partial charge in [0.25, 0.3) is 0 Å². The van der Waals surface area contributed by atoms with Crippen molar-refractivity contribution in [3.63, 3.8) is 0 Å². The molecule has 0 bridgehead atoms. The monoisotopic (exact) mass is 291 g/mol. The number of benzene rings is 1. The molecule has 0 aromatic heterocycles. The van der Waals surface area contributed by atoms with Crippen molar-refractivity contribution in [1.29, 1.82) is 0 Å². The van der Waals surface area contributed by atoms with E-state index in [1.54, 1.807) is 31.2 Å². The van der Waals surface area contributed by atoms with Crippen molar-refractivity contribution in [2.75, 3.05) is 18.9 Å². The minimum Gasteiger partial charge on any atom is -0.463 e. The fraction of sp³-hybridized carbons (Fsp3) is 0.214. The van der Waals surface area contributed by atoms with Gasteiger partial charge in [-0.2, -0.15) is 0 Å². The number of urea groups is 1. The van der Waals surface area contributed by atoms with Crippen LogP contribution in [0.3, 0.4) is 0 Å². The first-order valence-electron chi connectivity index (χ1n) is 6.24. The van der Waals surface area contributed by atoms with Gasteiger partial charge >= 0.3 is 12.0 Å². The number of allylic oxidation sites excluding steroid dienone is 1. The second-order valence-electron chi connectivity index (χ2n) is 4.07. The highest BCUT2D eigenvalue weighted by molar-refractivity contribution is 6.16. The summed E-state index contributed by atoms with van der Waals surface area (Å²) in [4.78, 5) is 34.1. The molecule has 1 aromatic rings. The number of nitrogen functional groups attached to an aromatic ring is 1. The van der Waals surface area contributed by atoms with E-state index in [1.165, 1.54) is 0 Å². The molecule has 7 nitrogen and oxygen atoms in total. The molecule has 0 radical (unpaired) electrons. The van der Waals surface area contributed by atoms with E-state index >= 15 is 0 Å². The molecule has 2 amide bonds. The number of nitrogens with two attached hydrogens (primary N) is 2. The minimum absolute atomic E-state index is 0.0104. The number of carbonyl (C=O) groups excluding carboxylic acids is 3. The lowest BCUT2D eigenvalue weighted by atomic mass is 10.0. The average Bonchev–Trinajstić information content (AvgIpc) is 2.43. The zero-order valence-electron chi connectivity index (χ0n) is 11.6. The zero-order valence-corrected chi connectivity index (χ0v) is 11.6. The third kappa shape index (κ3) is 4.64. The molecular formula is C14H17N3O4. The van der Waals surface area contributed by atoms with Gasteiger partial charge in [-0.25, -0.2) is 9.59 Å². The lowest BCUT2D eigenvalue weighted by molar-refractivity contribution is -0.138. The van der Waals surface area contributed by atoms with Crippen LogP contribution in [-0.2, 0) is 14.3 Å². The molecule has 0 aliphatic rings. The summed E-state index contributed by atoms with van der Waals surface area (Å²) in [5, 5.41) is 2.27. The maximum absolute atomic E-state index is 12.0. The smallest absolute Gasteiger partial charge is 0.336 e. The summed E-state index contributed by atoms with van der Waals surface area (Å²) < 4.78 is 4.89. The van der Waals surface area contributed by atoms with Gasteiger partial charge in [-0.15, -0.1) is 0 Å². The lowest BCUT2D eigenvalue weighted by Crippen LogP contribution is -2.33. The van der Waals surface area contributed by atoms with E-state index < -0.39 is 12.0 Å². The zero-order chi connectivity index (χ0) is 15.8. The number of carbonyl (C=O) groups is 3. The van der Waals surface area contributed by atoms with Crippen LogP contribution in [0.5, 0.6) is 0 Å². The maximum Gasteiger partial charge on any atom is 0.336 e. The van der Waals surface area contributed by atoms with E-state index in [0.717, 1.165) is 0 Å². The molecule has 0 aliphatic heterocycles. The third-order valence-electron chi connectivity index (χ3n) is 2.60. The molecule has 112 valence electrons. The summed E-state index contributed by atoms with van der Waals surface area (Å²) in [5.74, 6) is -0.698. The Kier molecular flexibility index (Phi) is 5.94. The van der Waals surface area contributed by atoms with E-state index in [9.17, 15) is 14.4 Å². The van der Waals surface area contributed by atoms with Gasteiger partial charge in [0.1, 0.15) is 0 Å². The van der Waals surface area contributed by atoms with E-state index in [4.69, 9.17) is 16.2 Å². The quantitative estimate of drug-likeness (QED) is 0.304. The molecule has 0 saturated heterocycles. The predicted molar refractivity (Wildman–Crippen MR) is 78.1 cm³/mol. The molecule has 21 heavy (non-hydrogen) atoms. The van der Waals surface area contributed by atoms with Crippen LogP contribution in [0.2, 0.25) is 0 Å². The molecule has 0 saturated carbocycles. The normalized spacial score (nSPS) is 11.3. The number of anilines is 1. The average molecular weight is 291 g/mol. The first-order chi connectivity index (χ1) is 9.99. The first-order valence-corrected chi connectivity index (χ1v) is 6.24. The first kappa shape index (κ1) is 16.2. The van der Waals surface area contributed by atoms with Crippen molar-refractivity contribution in [3.8, 4) is 0 Å². The molecule has 0 spiro atoms. The molecule has 5 N–H and O–H groups in total. The lowest BCUT2D eigenvalue weighted by Gasteiger charge is -2.11. The molecule has 0 fully saturated rings. The van der Waals surface area contributed by atoms with Gasteiger partial charge in [0.2, 0.25) is 0 Å². The molecule has 7 heteroatoms. The minimum atomic E-state index is -0.811. The van der Waals surface area contributed by atoms with Gasteiger partial charge in [0, 0.05) is 11.3 Å². The third-order valence-corrected chi connectivity index (χ3v) is 2.60. The molecule has 0 heterocycles. The highest BCUT2D eigenvalue weighted by Gasteiger charge is 2.18.